The summed E-state index contributed by atoms with van der Waals surface area (Å²) in [5, 5.41) is 1.21. The van der Waals surface area contributed by atoms with E-state index in [1.165, 1.54) is 9.71 Å². The third-order valence-corrected chi connectivity index (χ3v) is 5.09. The molecule has 2 rings (SSSR count). The first kappa shape index (κ1) is 16.0. The Morgan fingerprint density at radius 2 is 1.76 bits per heavy atom. The maximum atomic E-state index is 12.2. The highest BCUT2D eigenvalue weighted by molar-refractivity contribution is 7.92. The molecular formula is C14H17ClN2O3S. The molecule has 7 heteroatoms. The summed E-state index contributed by atoms with van der Waals surface area (Å²) in [7, 11) is -3.46. The highest BCUT2D eigenvalue weighted by Crippen LogP contribution is 2.11. The van der Waals surface area contributed by atoms with E-state index in [4.69, 9.17) is 11.6 Å². The minimum absolute atomic E-state index is 0.0688. The fourth-order valence-electron chi connectivity index (χ4n) is 2.09. The number of alkyl halides is 1. The first-order chi connectivity index (χ1) is 10.0. The second kappa shape index (κ2) is 7.06. The van der Waals surface area contributed by atoms with Crippen molar-refractivity contribution in [3.8, 4) is 0 Å². The average molecular weight is 329 g/mol. The third kappa shape index (κ3) is 4.30. The van der Waals surface area contributed by atoms with Crippen molar-refractivity contribution in [1.82, 2.24) is 9.21 Å². The molecule has 1 aromatic carbocycles. The normalized spacial score (nSPS) is 17.3. The van der Waals surface area contributed by atoms with Gasteiger partial charge in [0.05, 0.1) is 0 Å². The molecule has 0 aromatic heterocycles. The van der Waals surface area contributed by atoms with Crippen LogP contribution in [0, 0.1) is 0 Å². The van der Waals surface area contributed by atoms with Crippen LogP contribution in [0.3, 0.4) is 0 Å². The number of halogens is 1. The lowest BCUT2D eigenvalue weighted by Crippen LogP contribution is -2.50. The van der Waals surface area contributed by atoms with Gasteiger partial charge in [-0.15, -0.1) is 11.6 Å². The number of hydrogen-bond donors (Lipinski definition) is 0. The number of rotatable bonds is 4. The van der Waals surface area contributed by atoms with Crippen molar-refractivity contribution in [2.24, 2.45) is 0 Å². The smallest absolute Gasteiger partial charge is 0.237 e. The van der Waals surface area contributed by atoms with Crippen molar-refractivity contribution in [2.45, 2.75) is 0 Å². The SMILES string of the molecule is O=C(CCl)N1CCN(S(=O)(=O)/C=C/c2ccccc2)CC1. The Morgan fingerprint density at radius 3 is 2.33 bits per heavy atom. The molecule has 0 saturated carbocycles. The average Bonchev–Trinajstić information content (AvgIpc) is 2.53. The second-order valence-corrected chi connectivity index (χ2v) is 6.76. The van der Waals surface area contributed by atoms with Gasteiger partial charge in [0.15, 0.2) is 0 Å². The first-order valence-electron chi connectivity index (χ1n) is 6.60. The minimum Gasteiger partial charge on any atom is -0.339 e. The van der Waals surface area contributed by atoms with E-state index in [1.807, 2.05) is 30.3 Å². The molecule has 0 radical (unpaired) electrons. The van der Waals surface area contributed by atoms with Crippen LogP contribution in [0.2, 0.25) is 0 Å². The van der Waals surface area contributed by atoms with Gasteiger partial charge >= 0.3 is 0 Å². The molecule has 0 spiro atoms. The van der Waals surface area contributed by atoms with Crippen LogP contribution in [0.25, 0.3) is 6.08 Å². The lowest BCUT2D eigenvalue weighted by molar-refractivity contribution is -0.129. The molecule has 1 amide bonds. The van der Waals surface area contributed by atoms with Gasteiger partial charge in [-0.2, -0.15) is 4.31 Å². The number of sulfonamides is 1. The van der Waals surface area contributed by atoms with Gasteiger partial charge in [0.1, 0.15) is 5.88 Å². The monoisotopic (exact) mass is 328 g/mol. The quantitative estimate of drug-likeness (QED) is 0.784. The van der Waals surface area contributed by atoms with Gasteiger partial charge in [-0.1, -0.05) is 30.3 Å². The summed E-state index contributed by atoms with van der Waals surface area (Å²) >= 11 is 5.49. The van der Waals surface area contributed by atoms with E-state index in [0.29, 0.717) is 26.2 Å². The Balaban J connectivity index is 1.99. The number of carbonyl (C=O) groups is 1. The van der Waals surface area contributed by atoms with Crippen molar-refractivity contribution in [1.29, 1.82) is 0 Å². The molecular weight excluding hydrogens is 312 g/mol. The number of carbonyl (C=O) groups excluding carboxylic acids is 1. The summed E-state index contributed by atoms with van der Waals surface area (Å²) < 4.78 is 25.8. The van der Waals surface area contributed by atoms with E-state index in [-0.39, 0.29) is 11.8 Å². The van der Waals surface area contributed by atoms with Crippen LogP contribution >= 0.6 is 11.6 Å². The van der Waals surface area contributed by atoms with Crippen molar-refractivity contribution in [3.63, 3.8) is 0 Å². The van der Waals surface area contributed by atoms with E-state index < -0.39 is 10.0 Å². The molecule has 5 nitrogen and oxygen atoms in total. The molecule has 1 aliphatic rings. The molecule has 0 atom stereocenters. The molecule has 0 bridgehead atoms. The maximum Gasteiger partial charge on any atom is 0.237 e. The summed E-state index contributed by atoms with van der Waals surface area (Å²) in [4.78, 5) is 13.0. The van der Waals surface area contributed by atoms with Crippen LogP contribution in [0.5, 0.6) is 0 Å². The Bertz CT molecular complexity index is 608. The summed E-state index contributed by atoms with van der Waals surface area (Å²) in [6.07, 6.45) is 1.58. The summed E-state index contributed by atoms with van der Waals surface area (Å²) in [6.45, 7) is 1.35. The fourth-order valence-corrected chi connectivity index (χ4v) is 3.43. The lowest BCUT2D eigenvalue weighted by Gasteiger charge is -2.33. The number of amides is 1. The number of piperazine rings is 1. The van der Waals surface area contributed by atoms with E-state index in [1.54, 1.807) is 11.0 Å². The highest BCUT2D eigenvalue weighted by atomic mass is 35.5. The minimum atomic E-state index is -3.46. The zero-order valence-corrected chi connectivity index (χ0v) is 13.1. The molecule has 1 saturated heterocycles. The van der Waals surface area contributed by atoms with Gasteiger partial charge in [-0.05, 0) is 11.6 Å². The largest absolute Gasteiger partial charge is 0.339 e. The molecule has 1 aromatic rings. The van der Waals surface area contributed by atoms with Crippen LogP contribution in [0.15, 0.2) is 35.7 Å². The lowest BCUT2D eigenvalue weighted by atomic mass is 10.2. The summed E-state index contributed by atoms with van der Waals surface area (Å²) in [5.41, 5.74) is 0.831. The summed E-state index contributed by atoms with van der Waals surface area (Å²) in [6, 6.07) is 9.25. The van der Waals surface area contributed by atoms with Crippen LogP contribution < -0.4 is 0 Å². The van der Waals surface area contributed by atoms with Gasteiger partial charge < -0.3 is 4.90 Å². The fraction of sp³-hybridized carbons (Fsp3) is 0.357. The van der Waals surface area contributed by atoms with E-state index in [9.17, 15) is 13.2 Å². The van der Waals surface area contributed by atoms with Crippen molar-refractivity contribution in [2.75, 3.05) is 32.1 Å². The van der Waals surface area contributed by atoms with Gasteiger partial charge in [0, 0.05) is 31.6 Å². The van der Waals surface area contributed by atoms with Gasteiger partial charge in [-0.25, -0.2) is 8.42 Å². The Hall–Kier alpha value is -1.37. The Labute approximate surface area is 129 Å². The molecule has 1 heterocycles. The van der Waals surface area contributed by atoms with Gasteiger partial charge in [0.25, 0.3) is 0 Å². The van der Waals surface area contributed by atoms with E-state index in [0.717, 1.165) is 5.56 Å². The number of benzene rings is 1. The van der Waals surface area contributed by atoms with Gasteiger partial charge in [-0.3, -0.25) is 4.79 Å². The van der Waals surface area contributed by atoms with Crippen LogP contribution in [-0.4, -0.2) is 55.6 Å². The van der Waals surface area contributed by atoms with Crippen molar-refractivity contribution in [3.05, 3.63) is 41.3 Å². The molecule has 1 aliphatic heterocycles. The second-order valence-electron chi connectivity index (χ2n) is 4.67. The number of hydrogen-bond acceptors (Lipinski definition) is 3. The standard InChI is InChI=1S/C14H17ClN2O3S/c15-12-14(18)16-7-9-17(10-8-16)21(19,20)11-6-13-4-2-1-3-5-13/h1-6,11H,7-10,12H2/b11-6+. The molecule has 0 aliphatic carbocycles. The first-order valence-corrected chi connectivity index (χ1v) is 8.64. The number of nitrogens with zero attached hydrogens (tertiary/aromatic N) is 2. The van der Waals surface area contributed by atoms with Crippen LogP contribution in [0.4, 0.5) is 0 Å². The molecule has 0 unspecified atom stereocenters. The highest BCUT2D eigenvalue weighted by Gasteiger charge is 2.26. The predicted octanol–water partition coefficient (Wildman–Crippen LogP) is 1.37. The molecule has 0 N–H and O–H groups in total. The Kier molecular flexibility index (Phi) is 5.39. The molecule has 1 fully saturated rings. The van der Waals surface area contributed by atoms with Crippen LogP contribution in [0.1, 0.15) is 5.56 Å². The predicted molar refractivity (Wildman–Crippen MR) is 83.3 cm³/mol. The summed E-state index contributed by atoms with van der Waals surface area (Å²) in [5.74, 6) is -0.228. The zero-order valence-electron chi connectivity index (χ0n) is 11.5. The zero-order chi connectivity index (χ0) is 15.3. The third-order valence-electron chi connectivity index (χ3n) is 3.30. The Morgan fingerprint density at radius 1 is 1.14 bits per heavy atom. The molecule has 21 heavy (non-hydrogen) atoms. The van der Waals surface area contributed by atoms with Gasteiger partial charge in [0.2, 0.25) is 15.9 Å². The van der Waals surface area contributed by atoms with Crippen molar-refractivity contribution < 1.29 is 13.2 Å². The van der Waals surface area contributed by atoms with Crippen LogP contribution in [-0.2, 0) is 14.8 Å². The maximum absolute atomic E-state index is 12.2. The van der Waals surface area contributed by atoms with Crippen molar-refractivity contribution >= 4 is 33.6 Å². The molecule has 114 valence electrons. The van der Waals surface area contributed by atoms with E-state index >= 15 is 0 Å². The topological polar surface area (TPSA) is 57.7 Å². The van der Waals surface area contributed by atoms with E-state index in [2.05, 4.69) is 0 Å².